The number of anilines is 1. The summed E-state index contributed by atoms with van der Waals surface area (Å²) >= 11 is 0. The summed E-state index contributed by atoms with van der Waals surface area (Å²) in [4.78, 5) is 24.4. The Bertz CT molecular complexity index is 599. The van der Waals surface area contributed by atoms with Crippen LogP contribution in [0.4, 0.5) is 5.69 Å². The Labute approximate surface area is 160 Å². The van der Waals surface area contributed by atoms with E-state index in [9.17, 15) is 9.59 Å². The quantitative estimate of drug-likeness (QED) is 0.706. The van der Waals surface area contributed by atoms with E-state index < -0.39 is 0 Å². The molecule has 2 fully saturated rings. The molecule has 2 amide bonds. The number of nitrogens with one attached hydrogen (secondary N) is 3. The molecule has 0 radical (unpaired) electrons. The fourth-order valence-corrected chi connectivity index (χ4v) is 3.41. The molecule has 2 unspecified atom stereocenters. The van der Waals surface area contributed by atoms with Crippen molar-refractivity contribution in [2.75, 3.05) is 31.6 Å². The Morgan fingerprint density at radius 1 is 1.23 bits per heavy atom. The lowest BCUT2D eigenvalue weighted by Crippen LogP contribution is -2.33. The predicted molar refractivity (Wildman–Crippen MR) is 104 cm³/mol. The van der Waals surface area contributed by atoms with Crippen LogP contribution in [0.25, 0.3) is 0 Å². The standard InChI is InChI=1S/C19H27N3O3.ClH/c23-18(21-10-8-14-4-2-9-20-13-14)15-5-1-6-16(12-15)22-19(24)17-7-3-11-25-17;/h1,5-6,12,14,17,20H,2-4,7-11,13H2,(H,21,23)(H,22,24);1H. The molecule has 0 saturated carbocycles. The molecule has 2 atom stereocenters. The summed E-state index contributed by atoms with van der Waals surface area (Å²) in [6, 6.07) is 7.05. The number of carbonyl (C=O) groups excluding carboxylic acids is 2. The molecule has 7 heteroatoms. The molecule has 6 nitrogen and oxygen atoms in total. The van der Waals surface area contributed by atoms with Gasteiger partial charge in [0.1, 0.15) is 6.10 Å². The topological polar surface area (TPSA) is 79.5 Å². The Morgan fingerprint density at radius 3 is 2.85 bits per heavy atom. The van der Waals surface area contributed by atoms with Crippen molar-refractivity contribution in [2.45, 2.75) is 38.2 Å². The maximum absolute atomic E-state index is 12.3. The maximum Gasteiger partial charge on any atom is 0.253 e. The third-order valence-corrected chi connectivity index (χ3v) is 4.85. The molecule has 2 heterocycles. The largest absolute Gasteiger partial charge is 0.368 e. The number of carbonyl (C=O) groups is 2. The smallest absolute Gasteiger partial charge is 0.253 e. The zero-order valence-electron chi connectivity index (χ0n) is 15.0. The van der Waals surface area contributed by atoms with Crippen LogP contribution in [0.15, 0.2) is 24.3 Å². The third-order valence-electron chi connectivity index (χ3n) is 4.85. The van der Waals surface area contributed by atoms with Gasteiger partial charge in [0.2, 0.25) is 0 Å². The van der Waals surface area contributed by atoms with Crippen molar-refractivity contribution in [1.82, 2.24) is 10.6 Å². The Kier molecular flexibility index (Phi) is 8.35. The van der Waals surface area contributed by atoms with Gasteiger partial charge in [-0.2, -0.15) is 0 Å². The highest BCUT2D eigenvalue weighted by Crippen LogP contribution is 2.17. The van der Waals surface area contributed by atoms with E-state index in [1.807, 2.05) is 0 Å². The lowest BCUT2D eigenvalue weighted by molar-refractivity contribution is -0.124. The number of benzene rings is 1. The van der Waals surface area contributed by atoms with Gasteiger partial charge in [0, 0.05) is 24.4 Å². The fourth-order valence-electron chi connectivity index (χ4n) is 3.41. The van der Waals surface area contributed by atoms with Gasteiger partial charge < -0.3 is 20.7 Å². The minimum absolute atomic E-state index is 0. The molecule has 2 aliphatic rings. The lowest BCUT2D eigenvalue weighted by Gasteiger charge is -2.22. The molecule has 0 aliphatic carbocycles. The van der Waals surface area contributed by atoms with Crippen molar-refractivity contribution < 1.29 is 14.3 Å². The number of rotatable bonds is 6. The van der Waals surface area contributed by atoms with Gasteiger partial charge in [-0.15, -0.1) is 12.4 Å². The number of ether oxygens (including phenoxy) is 1. The second-order valence-corrected chi connectivity index (χ2v) is 6.83. The second-order valence-electron chi connectivity index (χ2n) is 6.83. The van der Waals surface area contributed by atoms with Crippen LogP contribution in [0.2, 0.25) is 0 Å². The van der Waals surface area contributed by atoms with Gasteiger partial charge in [-0.05, 0) is 69.3 Å². The molecule has 1 aromatic rings. The highest BCUT2D eigenvalue weighted by atomic mass is 35.5. The van der Waals surface area contributed by atoms with Crippen molar-refractivity contribution in [2.24, 2.45) is 5.92 Å². The van der Waals surface area contributed by atoms with Gasteiger partial charge in [-0.25, -0.2) is 0 Å². The number of hydrogen-bond donors (Lipinski definition) is 3. The summed E-state index contributed by atoms with van der Waals surface area (Å²) in [5.74, 6) is 0.405. The second kappa shape index (κ2) is 10.5. The Hall–Kier alpha value is -1.63. The molecule has 144 valence electrons. The van der Waals surface area contributed by atoms with Gasteiger partial charge in [-0.1, -0.05) is 6.07 Å². The summed E-state index contributed by atoms with van der Waals surface area (Å²) in [6.07, 6.45) is 4.73. The van der Waals surface area contributed by atoms with Crippen LogP contribution in [0.3, 0.4) is 0 Å². The molecular formula is C19H28ClN3O3. The van der Waals surface area contributed by atoms with E-state index in [4.69, 9.17) is 4.74 Å². The number of piperidine rings is 1. The van der Waals surface area contributed by atoms with Gasteiger partial charge in [-0.3, -0.25) is 9.59 Å². The predicted octanol–water partition coefficient (Wildman–Crippen LogP) is 2.35. The van der Waals surface area contributed by atoms with Crippen molar-refractivity contribution in [3.05, 3.63) is 29.8 Å². The van der Waals surface area contributed by atoms with E-state index in [-0.39, 0.29) is 30.3 Å². The minimum atomic E-state index is -0.374. The maximum atomic E-state index is 12.3. The molecule has 3 rings (SSSR count). The first kappa shape index (κ1) is 20.7. The Morgan fingerprint density at radius 2 is 2.12 bits per heavy atom. The lowest BCUT2D eigenvalue weighted by atomic mass is 9.96. The van der Waals surface area contributed by atoms with Gasteiger partial charge in [0.05, 0.1) is 0 Å². The summed E-state index contributed by atoms with van der Waals surface area (Å²) in [5.41, 5.74) is 1.19. The molecule has 26 heavy (non-hydrogen) atoms. The number of amides is 2. The average molecular weight is 382 g/mol. The molecule has 0 aromatic heterocycles. The zero-order valence-corrected chi connectivity index (χ0v) is 15.8. The van der Waals surface area contributed by atoms with Crippen molar-refractivity contribution >= 4 is 29.9 Å². The number of hydrogen-bond acceptors (Lipinski definition) is 4. The first-order valence-corrected chi connectivity index (χ1v) is 9.24. The Balaban J connectivity index is 0.00000243. The van der Waals surface area contributed by atoms with E-state index in [0.29, 0.717) is 30.3 Å². The first-order valence-electron chi connectivity index (χ1n) is 9.24. The number of halogens is 1. The molecule has 0 bridgehead atoms. The molecule has 2 aliphatic heterocycles. The monoisotopic (exact) mass is 381 g/mol. The third kappa shape index (κ3) is 5.97. The van der Waals surface area contributed by atoms with E-state index in [1.165, 1.54) is 12.8 Å². The van der Waals surface area contributed by atoms with E-state index in [2.05, 4.69) is 16.0 Å². The van der Waals surface area contributed by atoms with Crippen LogP contribution in [-0.4, -0.2) is 44.2 Å². The fraction of sp³-hybridized carbons (Fsp3) is 0.579. The van der Waals surface area contributed by atoms with E-state index >= 15 is 0 Å². The molecule has 1 aromatic carbocycles. The van der Waals surface area contributed by atoms with Crippen LogP contribution < -0.4 is 16.0 Å². The molecular weight excluding hydrogens is 354 g/mol. The van der Waals surface area contributed by atoms with Crippen molar-refractivity contribution in [3.8, 4) is 0 Å². The normalized spacial score (nSPS) is 22.3. The summed E-state index contributed by atoms with van der Waals surface area (Å²) in [6.45, 7) is 3.46. The van der Waals surface area contributed by atoms with Gasteiger partial charge in [0.15, 0.2) is 0 Å². The van der Waals surface area contributed by atoms with E-state index in [1.54, 1.807) is 24.3 Å². The van der Waals surface area contributed by atoms with Crippen LogP contribution in [-0.2, 0) is 9.53 Å². The minimum Gasteiger partial charge on any atom is -0.368 e. The van der Waals surface area contributed by atoms with Crippen LogP contribution in [0.1, 0.15) is 42.5 Å². The summed E-state index contributed by atoms with van der Waals surface area (Å²) in [5, 5.41) is 9.20. The SMILES string of the molecule is Cl.O=C(NCCC1CCCNC1)c1cccc(NC(=O)C2CCCO2)c1. The highest BCUT2D eigenvalue weighted by molar-refractivity contribution is 5.98. The first-order chi connectivity index (χ1) is 12.2. The van der Waals surface area contributed by atoms with Crippen LogP contribution in [0, 0.1) is 5.92 Å². The summed E-state index contributed by atoms with van der Waals surface area (Å²) < 4.78 is 5.38. The van der Waals surface area contributed by atoms with E-state index in [0.717, 1.165) is 32.4 Å². The van der Waals surface area contributed by atoms with Crippen LogP contribution in [0.5, 0.6) is 0 Å². The van der Waals surface area contributed by atoms with Crippen molar-refractivity contribution in [3.63, 3.8) is 0 Å². The van der Waals surface area contributed by atoms with Crippen molar-refractivity contribution in [1.29, 1.82) is 0 Å². The van der Waals surface area contributed by atoms with Gasteiger partial charge in [0.25, 0.3) is 11.8 Å². The molecule has 3 N–H and O–H groups in total. The summed E-state index contributed by atoms with van der Waals surface area (Å²) in [7, 11) is 0. The highest BCUT2D eigenvalue weighted by Gasteiger charge is 2.23. The van der Waals surface area contributed by atoms with Crippen LogP contribution >= 0.6 is 12.4 Å². The zero-order chi connectivity index (χ0) is 17.5. The molecule has 0 spiro atoms. The average Bonchev–Trinajstić information content (AvgIpc) is 3.18. The van der Waals surface area contributed by atoms with Gasteiger partial charge >= 0.3 is 0 Å². The molecule has 2 saturated heterocycles.